The zero-order chi connectivity index (χ0) is 28.9. The SMILES string of the molecule is c1ccc(-c2ccccn2)cc1.c1ccc(-c2ccccn2)cc1.c1ccc(-c2ccccn2)cc1.c1ccncc1. The summed E-state index contributed by atoms with van der Waals surface area (Å²) in [6, 6.07) is 54.0. The highest BCUT2D eigenvalue weighted by molar-refractivity contribution is 5.59. The summed E-state index contributed by atoms with van der Waals surface area (Å²) in [5.41, 5.74) is 6.57. The topological polar surface area (TPSA) is 51.6 Å². The molecule has 0 aliphatic carbocycles. The Bertz CT molecular complexity index is 1300. The van der Waals surface area contributed by atoms with Crippen molar-refractivity contribution in [1.82, 2.24) is 19.9 Å². The highest BCUT2D eigenvalue weighted by Gasteiger charge is 1.95. The van der Waals surface area contributed by atoms with Gasteiger partial charge in [-0.25, -0.2) is 0 Å². The number of nitrogens with zero attached hydrogens (tertiary/aromatic N) is 4. The first kappa shape index (κ1) is 29.2. The van der Waals surface area contributed by atoms with E-state index >= 15 is 0 Å². The van der Waals surface area contributed by atoms with E-state index in [1.807, 2.05) is 146 Å². The molecule has 0 N–H and O–H groups in total. The van der Waals surface area contributed by atoms with Crippen LogP contribution in [0.1, 0.15) is 0 Å². The van der Waals surface area contributed by atoms with Crippen LogP contribution in [-0.2, 0) is 0 Å². The first-order chi connectivity index (χ1) is 20.9. The van der Waals surface area contributed by atoms with Gasteiger partial charge < -0.3 is 0 Å². The van der Waals surface area contributed by atoms with Crippen molar-refractivity contribution in [3.8, 4) is 33.8 Å². The Morgan fingerprint density at radius 1 is 0.238 bits per heavy atom. The van der Waals surface area contributed by atoms with Gasteiger partial charge in [0, 0.05) is 47.7 Å². The molecule has 7 aromatic rings. The molecule has 0 bridgehead atoms. The molecule has 42 heavy (non-hydrogen) atoms. The Balaban J connectivity index is 0.000000132. The van der Waals surface area contributed by atoms with E-state index in [4.69, 9.17) is 0 Å². The summed E-state index contributed by atoms with van der Waals surface area (Å²) in [5.74, 6) is 0. The lowest BCUT2D eigenvalue weighted by Gasteiger charge is -1.97. The zero-order valence-corrected chi connectivity index (χ0v) is 23.3. The summed E-state index contributed by atoms with van der Waals surface area (Å²) < 4.78 is 0. The number of pyridine rings is 4. The van der Waals surface area contributed by atoms with Gasteiger partial charge in [0.2, 0.25) is 0 Å². The molecule has 7 rings (SSSR count). The van der Waals surface area contributed by atoms with Crippen LogP contribution in [0, 0.1) is 0 Å². The standard InChI is InChI=1S/3C11H9N.C5H5N/c3*1-2-6-10(7-3-1)11-8-4-5-9-12-11;1-2-4-6-5-3-1/h3*1-9H;1-5H. The third kappa shape index (κ3) is 10.4. The fraction of sp³-hybridized carbons (Fsp3) is 0. The van der Waals surface area contributed by atoms with Crippen LogP contribution in [0.25, 0.3) is 33.8 Å². The van der Waals surface area contributed by atoms with E-state index in [0.29, 0.717) is 0 Å². The van der Waals surface area contributed by atoms with Crippen LogP contribution < -0.4 is 0 Å². The lowest BCUT2D eigenvalue weighted by atomic mass is 10.1. The molecule has 4 nitrogen and oxygen atoms in total. The summed E-state index contributed by atoms with van der Waals surface area (Å²) in [4.78, 5) is 16.5. The quantitative estimate of drug-likeness (QED) is 0.222. The predicted octanol–water partition coefficient (Wildman–Crippen LogP) is 9.33. The summed E-state index contributed by atoms with van der Waals surface area (Å²) in [6.45, 7) is 0. The Hall–Kier alpha value is -5.74. The first-order valence-corrected chi connectivity index (χ1v) is 13.6. The molecule has 0 saturated heterocycles. The van der Waals surface area contributed by atoms with E-state index in [0.717, 1.165) is 33.8 Å². The fourth-order valence-corrected chi connectivity index (χ4v) is 3.74. The van der Waals surface area contributed by atoms with Gasteiger partial charge in [0.15, 0.2) is 0 Å². The second-order valence-corrected chi connectivity index (χ2v) is 8.77. The maximum absolute atomic E-state index is 4.25. The molecule has 0 aliphatic heterocycles. The van der Waals surface area contributed by atoms with Crippen molar-refractivity contribution in [3.63, 3.8) is 0 Å². The fourth-order valence-electron chi connectivity index (χ4n) is 3.74. The van der Waals surface area contributed by atoms with Crippen molar-refractivity contribution in [2.24, 2.45) is 0 Å². The van der Waals surface area contributed by atoms with Gasteiger partial charge in [-0.2, -0.15) is 0 Å². The summed E-state index contributed by atoms with van der Waals surface area (Å²) in [6.07, 6.45) is 8.92. The molecule has 4 heterocycles. The van der Waals surface area contributed by atoms with Crippen LogP contribution in [0.15, 0.2) is 195 Å². The first-order valence-electron chi connectivity index (χ1n) is 13.6. The van der Waals surface area contributed by atoms with Gasteiger partial charge in [0.25, 0.3) is 0 Å². The second-order valence-electron chi connectivity index (χ2n) is 8.77. The smallest absolute Gasteiger partial charge is 0.0701 e. The van der Waals surface area contributed by atoms with E-state index < -0.39 is 0 Å². The van der Waals surface area contributed by atoms with Gasteiger partial charge in [0.1, 0.15) is 0 Å². The molecule has 4 heteroatoms. The van der Waals surface area contributed by atoms with Crippen molar-refractivity contribution in [2.45, 2.75) is 0 Å². The van der Waals surface area contributed by atoms with Gasteiger partial charge in [-0.05, 0) is 48.5 Å². The van der Waals surface area contributed by atoms with Crippen molar-refractivity contribution >= 4 is 0 Å². The van der Waals surface area contributed by atoms with Crippen LogP contribution in [0.4, 0.5) is 0 Å². The Labute approximate surface area is 248 Å². The molecule has 0 fully saturated rings. The lowest BCUT2D eigenvalue weighted by molar-refractivity contribution is 1.33. The maximum atomic E-state index is 4.25. The monoisotopic (exact) mass is 544 g/mol. The summed E-state index contributed by atoms with van der Waals surface area (Å²) in [5, 5.41) is 0. The lowest BCUT2D eigenvalue weighted by Crippen LogP contribution is -1.79. The molecule has 0 radical (unpaired) electrons. The van der Waals surface area contributed by atoms with Gasteiger partial charge in [-0.15, -0.1) is 0 Å². The zero-order valence-electron chi connectivity index (χ0n) is 23.3. The maximum Gasteiger partial charge on any atom is 0.0701 e. The van der Waals surface area contributed by atoms with E-state index in [2.05, 4.69) is 56.3 Å². The third-order valence-electron chi connectivity index (χ3n) is 5.77. The van der Waals surface area contributed by atoms with E-state index in [-0.39, 0.29) is 0 Å². The van der Waals surface area contributed by atoms with Crippen LogP contribution in [0.5, 0.6) is 0 Å². The Morgan fingerprint density at radius 3 is 0.714 bits per heavy atom. The summed E-state index contributed by atoms with van der Waals surface area (Å²) in [7, 11) is 0. The number of rotatable bonds is 3. The Kier molecular flexibility index (Phi) is 12.4. The van der Waals surface area contributed by atoms with Crippen LogP contribution in [-0.4, -0.2) is 19.9 Å². The van der Waals surface area contributed by atoms with E-state index in [1.54, 1.807) is 12.4 Å². The Morgan fingerprint density at radius 2 is 0.500 bits per heavy atom. The number of benzene rings is 3. The van der Waals surface area contributed by atoms with Crippen molar-refractivity contribution in [3.05, 3.63) is 195 Å². The van der Waals surface area contributed by atoms with Crippen molar-refractivity contribution in [1.29, 1.82) is 0 Å². The number of hydrogen-bond donors (Lipinski definition) is 0. The molecule has 0 aliphatic rings. The van der Waals surface area contributed by atoms with Gasteiger partial charge in [-0.1, -0.05) is 115 Å². The van der Waals surface area contributed by atoms with Gasteiger partial charge >= 0.3 is 0 Å². The van der Waals surface area contributed by atoms with Crippen molar-refractivity contribution in [2.75, 3.05) is 0 Å². The largest absolute Gasteiger partial charge is 0.265 e. The minimum atomic E-state index is 1.03. The predicted molar refractivity (Wildman–Crippen MR) is 173 cm³/mol. The normalized spacial score (nSPS) is 9.43. The molecule has 3 aromatic carbocycles. The summed E-state index contributed by atoms with van der Waals surface area (Å²) >= 11 is 0. The molecule has 0 saturated carbocycles. The second kappa shape index (κ2) is 17.8. The van der Waals surface area contributed by atoms with Crippen LogP contribution in [0.2, 0.25) is 0 Å². The minimum Gasteiger partial charge on any atom is -0.265 e. The number of hydrogen-bond acceptors (Lipinski definition) is 4. The molecule has 0 spiro atoms. The average Bonchev–Trinajstić information content (AvgIpc) is 3.12. The molecule has 4 aromatic heterocycles. The highest BCUT2D eigenvalue weighted by Crippen LogP contribution is 2.16. The third-order valence-corrected chi connectivity index (χ3v) is 5.77. The van der Waals surface area contributed by atoms with E-state index in [1.165, 1.54) is 0 Å². The number of aromatic nitrogens is 4. The molecule has 0 atom stereocenters. The van der Waals surface area contributed by atoms with Gasteiger partial charge in [-0.3, -0.25) is 19.9 Å². The average molecular weight is 545 g/mol. The molecule has 204 valence electrons. The molecule has 0 unspecified atom stereocenters. The molecular formula is C38H32N4. The van der Waals surface area contributed by atoms with Crippen LogP contribution >= 0.6 is 0 Å². The highest BCUT2D eigenvalue weighted by atomic mass is 14.7. The molecular weight excluding hydrogens is 512 g/mol. The minimum absolute atomic E-state index is 1.03. The van der Waals surface area contributed by atoms with Gasteiger partial charge in [0.05, 0.1) is 17.1 Å². The van der Waals surface area contributed by atoms with Crippen molar-refractivity contribution < 1.29 is 0 Å². The molecule has 0 amide bonds. The van der Waals surface area contributed by atoms with E-state index in [9.17, 15) is 0 Å². The van der Waals surface area contributed by atoms with Crippen LogP contribution in [0.3, 0.4) is 0 Å².